The summed E-state index contributed by atoms with van der Waals surface area (Å²) in [6.07, 6.45) is 1.43. The van der Waals surface area contributed by atoms with Crippen LogP contribution in [0.5, 0.6) is 0 Å². The molecule has 0 aliphatic rings. The van der Waals surface area contributed by atoms with Crippen LogP contribution in [0.15, 0.2) is 30.5 Å². The molecule has 0 bridgehead atoms. The lowest BCUT2D eigenvalue weighted by Gasteiger charge is -2.26. The van der Waals surface area contributed by atoms with Gasteiger partial charge in [0, 0.05) is 18.3 Å². The highest BCUT2D eigenvalue weighted by Gasteiger charge is 2.21. The molecule has 1 aromatic heterocycles. The van der Waals surface area contributed by atoms with Crippen molar-refractivity contribution in [3.8, 4) is 0 Å². The van der Waals surface area contributed by atoms with Crippen molar-refractivity contribution in [2.24, 2.45) is 0 Å². The van der Waals surface area contributed by atoms with E-state index in [1.54, 1.807) is 4.90 Å². The standard InChI is InChI=1S/C13H17N5O/c1-9(2)18(13(19)12-7-15-17-16-12)8-10-3-5-11(14)6-4-10/h3-7,9H,8,14H2,1-2H3,(H,15,16,17). The van der Waals surface area contributed by atoms with Gasteiger partial charge in [-0.1, -0.05) is 12.1 Å². The monoisotopic (exact) mass is 259 g/mol. The molecule has 0 saturated carbocycles. The largest absolute Gasteiger partial charge is 0.399 e. The van der Waals surface area contributed by atoms with Crippen LogP contribution in [0.2, 0.25) is 0 Å². The molecule has 0 fully saturated rings. The van der Waals surface area contributed by atoms with Gasteiger partial charge >= 0.3 is 0 Å². The number of carbonyl (C=O) groups is 1. The first-order chi connectivity index (χ1) is 9.08. The van der Waals surface area contributed by atoms with E-state index >= 15 is 0 Å². The van der Waals surface area contributed by atoms with Gasteiger partial charge in [0.05, 0.1) is 6.20 Å². The first kappa shape index (κ1) is 13.1. The second kappa shape index (κ2) is 5.51. The summed E-state index contributed by atoms with van der Waals surface area (Å²) in [5.74, 6) is -0.138. The molecule has 6 heteroatoms. The van der Waals surface area contributed by atoms with E-state index in [0.717, 1.165) is 5.56 Å². The number of benzene rings is 1. The molecule has 1 aromatic carbocycles. The predicted molar refractivity (Wildman–Crippen MR) is 72.2 cm³/mol. The Kier molecular flexibility index (Phi) is 3.79. The van der Waals surface area contributed by atoms with Crippen LogP contribution in [0.3, 0.4) is 0 Å². The molecule has 3 N–H and O–H groups in total. The summed E-state index contributed by atoms with van der Waals surface area (Å²) in [5.41, 5.74) is 7.71. The maximum Gasteiger partial charge on any atom is 0.276 e. The van der Waals surface area contributed by atoms with Gasteiger partial charge in [-0.05, 0) is 31.5 Å². The lowest BCUT2D eigenvalue weighted by atomic mass is 10.1. The van der Waals surface area contributed by atoms with E-state index in [1.807, 2.05) is 38.1 Å². The summed E-state index contributed by atoms with van der Waals surface area (Å²) in [7, 11) is 0. The number of hydrogen-bond donors (Lipinski definition) is 2. The Morgan fingerprint density at radius 2 is 2.05 bits per heavy atom. The second-order valence-electron chi connectivity index (χ2n) is 4.62. The highest BCUT2D eigenvalue weighted by molar-refractivity contribution is 5.92. The Labute approximate surface area is 111 Å². The maximum absolute atomic E-state index is 12.3. The zero-order valence-electron chi connectivity index (χ0n) is 11.0. The molecule has 2 aromatic rings. The topological polar surface area (TPSA) is 87.9 Å². The first-order valence-corrected chi connectivity index (χ1v) is 6.09. The van der Waals surface area contributed by atoms with Gasteiger partial charge in [-0.25, -0.2) is 0 Å². The number of aromatic amines is 1. The lowest BCUT2D eigenvalue weighted by molar-refractivity contribution is 0.0684. The number of hydrogen-bond acceptors (Lipinski definition) is 4. The molecule has 19 heavy (non-hydrogen) atoms. The van der Waals surface area contributed by atoms with Crippen molar-refractivity contribution < 1.29 is 4.79 Å². The normalized spacial score (nSPS) is 10.7. The quantitative estimate of drug-likeness (QED) is 0.813. The Balaban J connectivity index is 2.17. The van der Waals surface area contributed by atoms with Crippen LogP contribution >= 0.6 is 0 Å². The molecule has 6 nitrogen and oxygen atoms in total. The van der Waals surface area contributed by atoms with E-state index in [2.05, 4.69) is 15.4 Å². The van der Waals surface area contributed by atoms with Crippen LogP contribution in [-0.4, -0.2) is 32.3 Å². The molecule has 0 spiro atoms. The fourth-order valence-electron chi connectivity index (χ4n) is 1.76. The number of nitrogens with two attached hydrogens (primary N) is 1. The minimum absolute atomic E-state index is 0.0711. The maximum atomic E-state index is 12.3. The van der Waals surface area contributed by atoms with Gasteiger partial charge in [-0.2, -0.15) is 15.4 Å². The summed E-state index contributed by atoms with van der Waals surface area (Å²) in [5, 5.41) is 9.94. The molecule has 0 aliphatic heterocycles. The van der Waals surface area contributed by atoms with Gasteiger partial charge in [0.1, 0.15) is 0 Å². The van der Waals surface area contributed by atoms with E-state index in [1.165, 1.54) is 6.20 Å². The Bertz CT molecular complexity index is 533. The van der Waals surface area contributed by atoms with Crippen LogP contribution in [-0.2, 0) is 6.54 Å². The highest BCUT2D eigenvalue weighted by atomic mass is 16.2. The van der Waals surface area contributed by atoms with E-state index < -0.39 is 0 Å². The fourth-order valence-corrected chi connectivity index (χ4v) is 1.76. The minimum Gasteiger partial charge on any atom is -0.399 e. The predicted octanol–water partition coefficient (Wildman–Crippen LogP) is 1.44. The minimum atomic E-state index is -0.138. The van der Waals surface area contributed by atoms with Gasteiger partial charge in [-0.15, -0.1) is 0 Å². The highest BCUT2D eigenvalue weighted by Crippen LogP contribution is 2.13. The van der Waals surface area contributed by atoms with Crippen LogP contribution in [0.25, 0.3) is 0 Å². The van der Waals surface area contributed by atoms with Crippen molar-refractivity contribution in [3.63, 3.8) is 0 Å². The molecule has 0 radical (unpaired) electrons. The van der Waals surface area contributed by atoms with Crippen LogP contribution in [0, 0.1) is 0 Å². The summed E-state index contributed by atoms with van der Waals surface area (Å²) < 4.78 is 0. The Morgan fingerprint density at radius 1 is 1.37 bits per heavy atom. The molecule has 1 heterocycles. The summed E-state index contributed by atoms with van der Waals surface area (Å²) in [6, 6.07) is 7.56. The smallest absolute Gasteiger partial charge is 0.276 e. The van der Waals surface area contributed by atoms with E-state index in [4.69, 9.17) is 5.73 Å². The third kappa shape index (κ3) is 3.09. The number of nitrogens with zero attached hydrogens (tertiary/aromatic N) is 3. The first-order valence-electron chi connectivity index (χ1n) is 6.09. The number of amides is 1. The van der Waals surface area contributed by atoms with Crippen molar-refractivity contribution in [3.05, 3.63) is 41.7 Å². The van der Waals surface area contributed by atoms with Crippen molar-refractivity contribution in [2.45, 2.75) is 26.4 Å². The molecule has 1 amide bonds. The molecule has 0 unspecified atom stereocenters. The average molecular weight is 259 g/mol. The zero-order valence-corrected chi connectivity index (χ0v) is 11.0. The number of nitrogens with one attached hydrogen (secondary N) is 1. The average Bonchev–Trinajstić information content (AvgIpc) is 2.91. The van der Waals surface area contributed by atoms with E-state index in [9.17, 15) is 4.79 Å². The summed E-state index contributed by atoms with van der Waals surface area (Å²) in [4.78, 5) is 14.0. The molecule has 0 saturated heterocycles. The second-order valence-corrected chi connectivity index (χ2v) is 4.62. The zero-order chi connectivity index (χ0) is 13.8. The van der Waals surface area contributed by atoms with Crippen LogP contribution in [0.4, 0.5) is 5.69 Å². The van der Waals surface area contributed by atoms with E-state index in [-0.39, 0.29) is 11.9 Å². The molecular formula is C13H17N5O. The third-order valence-electron chi connectivity index (χ3n) is 2.85. The summed E-state index contributed by atoms with van der Waals surface area (Å²) >= 11 is 0. The van der Waals surface area contributed by atoms with Gasteiger partial charge in [0.25, 0.3) is 5.91 Å². The third-order valence-corrected chi connectivity index (χ3v) is 2.85. The molecule has 0 atom stereocenters. The number of carbonyl (C=O) groups excluding carboxylic acids is 1. The van der Waals surface area contributed by atoms with Gasteiger partial charge in [-0.3, -0.25) is 4.79 Å². The Morgan fingerprint density at radius 3 is 2.58 bits per heavy atom. The van der Waals surface area contributed by atoms with Crippen molar-refractivity contribution in [2.75, 3.05) is 5.73 Å². The molecule has 0 aliphatic carbocycles. The number of aromatic nitrogens is 3. The lowest BCUT2D eigenvalue weighted by Crippen LogP contribution is -2.36. The Hall–Kier alpha value is -2.37. The van der Waals surface area contributed by atoms with Crippen molar-refractivity contribution >= 4 is 11.6 Å². The fraction of sp³-hybridized carbons (Fsp3) is 0.308. The van der Waals surface area contributed by atoms with E-state index in [0.29, 0.717) is 17.9 Å². The number of nitrogen functional groups attached to an aromatic ring is 1. The van der Waals surface area contributed by atoms with Gasteiger partial charge < -0.3 is 10.6 Å². The van der Waals surface area contributed by atoms with Crippen molar-refractivity contribution in [1.82, 2.24) is 20.3 Å². The van der Waals surface area contributed by atoms with Gasteiger partial charge in [0.15, 0.2) is 5.69 Å². The van der Waals surface area contributed by atoms with Gasteiger partial charge in [0.2, 0.25) is 0 Å². The molecule has 2 rings (SSSR count). The molecule has 100 valence electrons. The molecular weight excluding hydrogens is 242 g/mol. The number of H-pyrrole nitrogens is 1. The van der Waals surface area contributed by atoms with Crippen LogP contribution < -0.4 is 5.73 Å². The summed E-state index contributed by atoms with van der Waals surface area (Å²) in [6.45, 7) is 4.45. The van der Waals surface area contributed by atoms with Crippen molar-refractivity contribution in [1.29, 1.82) is 0 Å². The number of rotatable bonds is 4. The number of anilines is 1. The SMILES string of the molecule is CC(C)N(Cc1ccc(N)cc1)C(=O)c1cn[nH]n1. The van der Waals surface area contributed by atoms with Crippen LogP contribution in [0.1, 0.15) is 29.9 Å².